The van der Waals surface area contributed by atoms with Gasteiger partial charge in [-0.3, -0.25) is 4.99 Å². The highest BCUT2D eigenvalue weighted by molar-refractivity contribution is 14.0. The van der Waals surface area contributed by atoms with Gasteiger partial charge in [-0.05, 0) is 24.5 Å². The fourth-order valence-electron chi connectivity index (χ4n) is 2.17. The SMILES string of the molecule is CN=C(NC)NCCc1c[nH]c2c(C)cccc12.I. The minimum Gasteiger partial charge on any atom is -0.361 e. The summed E-state index contributed by atoms with van der Waals surface area (Å²) in [7, 11) is 3.64. The molecule has 0 aliphatic heterocycles. The van der Waals surface area contributed by atoms with E-state index >= 15 is 0 Å². The van der Waals surface area contributed by atoms with Crippen LogP contribution in [-0.2, 0) is 6.42 Å². The first-order valence-electron chi connectivity index (χ1n) is 6.20. The third-order valence-electron chi connectivity index (χ3n) is 3.16. The lowest BCUT2D eigenvalue weighted by Gasteiger charge is -2.07. The smallest absolute Gasteiger partial charge is 0.190 e. The largest absolute Gasteiger partial charge is 0.361 e. The Bertz CT molecular complexity index is 560. The molecule has 0 radical (unpaired) electrons. The molecule has 1 aromatic heterocycles. The average Bonchev–Trinajstić information content (AvgIpc) is 2.80. The summed E-state index contributed by atoms with van der Waals surface area (Å²) in [6.45, 7) is 3.00. The van der Waals surface area contributed by atoms with Crippen LogP contribution in [0.5, 0.6) is 0 Å². The van der Waals surface area contributed by atoms with Crippen molar-refractivity contribution in [1.29, 1.82) is 0 Å². The van der Waals surface area contributed by atoms with Gasteiger partial charge in [-0.2, -0.15) is 0 Å². The summed E-state index contributed by atoms with van der Waals surface area (Å²) in [5.41, 5.74) is 3.87. The van der Waals surface area contributed by atoms with E-state index in [1.165, 1.54) is 22.0 Å². The molecule has 0 amide bonds. The number of nitrogens with zero attached hydrogens (tertiary/aromatic N) is 1. The highest BCUT2D eigenvalue weighted by atomic mass is 127. The second-order valence-corrected chi connectivity index (χ2v) is 4.31. The highest BCUT2D eigenvalue weighted by Gasteiger charge is 2.04. The molecular formula is C14H21IN4. The number of H-pyrrole nitrogens is 1. The predicted octanol–water partition coefficient (Wildman–Crippen LogP) is 2.43. The summed E-state index contributed by atoms with van der Waals surface area (Å²) >= 11 is 0. The van der Waals surface area contributed by atoms with Crippen molar-refractivity contribution in [3.05, 3.63) is 35.5 Å². The predicted molar refractivity (Wildman–Crippen MR) is 92.6 cm³/mol. The molecule has 0 fully saturated rings. The van der Waals surface area contributed by atoms with E-state index in [-0.39, 0.29) is 24.0 Å². The Labute approximate surface area is 131 Å². The number of aromatic nitrogens is 1. The molecule has 0 atom stereocenters. The maximum Gasteiger partial charge on any atom is 0.190 e. The van der Waals surface area contributed by atoms with E-state index in [2.05, 4.69) is 51.9 Å². The summed E-state index contributed by atoms with van der Waals surface area (Å²) in [6.07, 6.45) is 3.08. The van der Waals surface area contributed by atoms with Gasteiger partial charge in [0, 0.05) is 37.7 Å². The molecule has 0 saturated heterocycles. The quantitative estimate of drug-likeness (QED) is 0.441. The lowest BCUT2D eigenvalue weighted by molar-refractivity contribution is 0.837. The van der Waals surface area contributed by atoms with E-state index in [1.807, 2.05) is 7.05 Å². The molecule has 0 aliphatic carbocycles. The van der Waals surface area contributed by atoms with Crippen molar-refractivity contribution in [3.8, 4) is 0 Å². The molecule has 19 heavy (non-hydrogen) atoms. The molecule has 2 rings (SSSR count). The zero-order valence-corrected chi connectivity index (χ0v) is 13.9. The van der Waals surface area contributed by atoms with Gasteiger partial charge < -0.3 is 15.6 Å². The monoisotopic (exact) mass is 372 g/mol. The van der Waals surface area contributed by atoms with Crippen molar-refractivity contribution in [1.82, 2.24) is 15.6 Å². The van der Waals surface area contributed by atoms with Gasteiger partial charge in [0.1, 0.15) is 0 Å². The Morgan fingerprint density at radius 2 is 2.16 bits per heavy atom. The van der Waals surface area contributed by atoms with Crippen LogP contribution in [0.15, 0.2) is 29.4 Å². The lowest BCUT2D eigenvalue weighted by Crippen LogP contribution is -2.35. The molecule has 0 saturated carbocycles. The topological polar surface area (TPSA) is 52.2 Å². The first kappa shape index (κ1) is 15.8. The number of aliphatic imine (C=N–C) groups is 1. The van der Waals surface area contributed by atoms with Crippen LogP contribution in [0.2, 0.25) is 0 Å². The third-order valence-corrected chi connectivity index (χ3v) is 3.16. The van der Waals surface area contributed by atoms with Crippen LogP contribution < -0.4 is 10.6 Å². The summed E-state index contributed by atoms with van der Waals surface area (Å²) in [5, 5.41) is 7.59. The summed E-state index contributed by atoms with van der Waals surface area (Å²) < 4.78 is 0. The Kier molecular flexibility index (Phi) is 6.14. The Morgan fingerprint density at radius 3 is 2.84 bits per heavy atom. The zero-order chi connectivity index (χ0) is 13.0. The second-order valence-electron chi connectivity index (χ2n) is 4.31. The van der Waals surface area contributed by atoms with E-state index in [1.54, 1.807) is 7.05 Å². The molecule has 2 aromatic rings. The number of hydrogen-bond donors (Lipinski definition) is 3. The van der Waals surface area contributed by atoms with Crippen LogP contribution in [0.25, 0.3) is 10.9 Å². The van der Waals surface area contributed by atoms with E-state index in [0.717, 1.165) is 18.9 Å². The summed E-state index contributed by atoms with van der Waals surface area (Å²) in [6, 6.07) is 6.40. The van der Waals surface area contributed by atoms with E-state index in [0.29, 0.717) is 0 Å². The van der Waals surface area contributed by atoms with Gasteiger partial charge in [0.05, 0.1) is 0 Å². The van der Waals surface area contributed by atoms with Crippen molar-refractivity contribution in [3.63, 3.8) is 0 Å². The number of benzene rings is 1. The van der Waals surface area contributed by atoms with Gasteiger partial charge in [0.15, 0.2) is 5.96 Å². The number of guanidine groups is 1. The lowest BCUT2D eigenvalue weighted by atomic mass is 10.1. The maximum absolute atomic E-state index is 4.09. The third kappa shape index (κ3) is 3.62. The van der Waals surface area contributed by atoms with Crippen molar-refractivity contribution >= 4 is 40.8 Å². The maximum atomic E-state index is 4.09. The normalized spacial score (nSPS) is 11.2. The van der Waals surface area contributed by atoms with Crippen molar-refractivity contribution in [2.75, 3.05) is 20.6 Å². The molecule has 0 unspecified atom stereocenters. The van der Waals surface area contributed by atoms with E-state index in [4.69, 9.17) is 0 Å². The minimum atomic E-state index is 0. The first-order chi connectivity index (χ1) is 8.76. The number of para-hydroxylation sites is 1. The number of fused-ring (bicyclic) bond motifs is 1. The van der Waals surface area contributed by atoms with Gasteiger partial charge in [-0.15, -0.1) is 24.0 Å². The zero-order valence-electron chi connectivity index (χ0n) is 11.6. The fraction of sp³-hybridized carbons (Fsp3) is 0.357. The molecule has 5 heteroatoms. The molecule has 0 aliphatic rings. The standard InChI is InChI=1S/C14H20N4.HI/c1-10-5-4-6-12-11(9-18-13(10)12)7-8-17-14(15-2)16-3;/h4-6,9,18H,7-8H2,1-3H3,(H2,15,16,17);1H. The molecule has 0 bridgehead atoms. The molecule has 104 valence electrons. The van der Waals surface area contributed by atoms with Crippen LogP contribution in [0.3, 0.4) is 0 Å². The van der Waals surface area contributed by atoms with Crippen LogP contribution in [0, 0.1) is 6.92 Å². The Morgan fingerprint density at radius 1 is 1.37 bits per heavy atom. The highest BCUT2D eigenvalue weighted by Crippen LogP contribution is 2.21. The molecule has 0 spiro atoms. The Hall–Kier alpha value is -1.24. The van der Waals surface area contributed by atoms with Gasteiger partial charge in [0.2, 0.25) is 0 Å². The molecule has 4 nitrogen and oxygen atoms in total. The first-order valence-corrected chi connectivity index (χ1v) is 6.20. The van der Waals surface area contributed by atoms with Crippen molar-refractivity contribution in [2.24, 2.45) is 4.99 Å². The van der Waals surface area contributed by atoms with Crippen molar-refractivity contribution in [2.45, 2.75) is 13.3 Å². The van der Waals surface area contributed by atoms with Gasteiger partial charge in [-0.25, -0.2) is 0 Å². The average molecular weight is 372 g/mol. The number of halogens is 1. The van der Waals surface area contributed by atoms with Gasteiger partial charge in [0.25, 0.3) is 0 Å². The van der Waals surface area contributed by atoms with E-state index < -0.39 is 0 Å². The van der Waals surface area contributed by atoms with Crippen LogP contribution in [-0.4, -0.2) is 31.6 Å². The fourth-order valence-corrected chi connectivity index (χ4v) is 2.17. The van der Waals surface area contributed by atoms with E-state index in [9.17, 15) is 0 Å². The summed E-state index contributed by atoms with van der Waals surface area (Å²) in [4.78, 5) is 7.44. The molecule has 3 N–H and O–H groups in total. The molecule has 1 heterocycles. The van der Waals surface area contributed by atoms with Crippen LogP contribution in [0.1, 0.15) is 11.1 Å². The number of aromatic amines is 1. The Balaban J connectivity index is 0.00000180. The number of hydrogen-bond acceptors (Lipinski definition) is 1. The minimum absolute atomic E-state index is 0. The molecule has 1 aromatic carbocycles. The number of nitrogens with one attached hydrogen (secondary N) is 3. The van der Waals surface area contributed by atoms with Gasteiger partial charge in [-0.1, -0.05) is 18.2 Å². The number of aryl methyl sites for hydroxylation is 1. The van der Waals surface area contributed by atoms with Crippen LogP contribution in [0.4, 0.5) is 0 Å². The molecular weight excluding hydrogens is 351 g/mol. The second kappa shape index (κ2) is 7.37. The summed E-state index contributed by atoms with van der Waals surface area (Å²) in [5.74, 6) is 0.825. The van der Waals surface area contributed by atoms with Crippen molar-refractivity contribution < 1.29 is 0 Å². The van der Waals surface area contributed by atoms with Crippen LogP contribution >= 0.6 is 24.0 Å². The van der Waals surface area contributed by atoms with Gasteiger partial charge >= 0.3 is 0 Å². The number of rotatable bonds is 3.